The summed E-state index contributed by atoms with van der Waals surface area (Å²) in [5.41, 5.74) is 9.44. The summed E-state index contributed by atoms with van der Waals surface area (Å²) in [7, 11) is 1.40. The minimum absolute atomic E-state index is 0.309. The first-order valence-electron chi connectivity index (χ1n) is 6.97. The van der Waals surface area contributed by atoms with E-state index in [0.29, 0.717) is 5.56 Å². The molecule has 0 aliphatic rings. The Balaban J connectivity index is 2.55. The molecule has 2 rings (SSSR count). The number of benzene rings is 2. The summed E-state index contributed by atoms with van der Waals surface area (Å²) in [4.78, 5) is 12.0. The standard InChI is InChI=1S/C18H21NO2/c1-18(2,19)12-13-8-4-5-9-14(13)15-10-6-7-11-16(15)17(20)21-3/h4-11H,12,19H2,1-3H3. The lowest BCUT2D eigenvalue weighted by Gasteiger charge is -2.21. The van der Waals surface area contributed by atoms with Crippen molar-refractivity contribution in [2.75, 3.05) is 7.11 Å². The molecule has 0 unspecified atom stereocenters. The molecule has 3 heteroatoms. The van der Waals surface area contributed by atoms with Crippen LogP contribution in [0.5, 0.6) is 0 Å². The van der Waals surface area contributed by atoms with Gasteiger partial charge in [-0.05, 0) is 43.0 Å². The molecule has 3 nitrogen and oxygen atoms in total. The van der Waals surface area contributed by atoms with Gasteiger partial charge in [0.15, 0.2) is 0 Å². The van der Waals surface area contributed by atoms with Crippen LogP contribution < -0.4 is 5.73 Å². The molecule has 0 bridgehead atoms. The number of esters is 1. The minimum atomic E-state index is -0.326. The fourth-order valence-corrected chi connectivity index (χ4v) is 2.43. The molecular formula is C18H21NO2. The van der Waals surface area contributed by atoms with Crippen LogP contribution in [0.4, 0.5) is 0 Å². The zero-order valence-corrected chi connectivity index (χ0v) is 12.7. The van der Waals surface area contributed by atoms with Gasteiger partial charge in [0.2, 0.25) is 0 Å². The maximum absolute atomic E-state index is 12.0. The normalized spacial score (nSPS) is 11.2. The van der Waals surface area contributed by atoms with E-state index in [9.17, 15) is 4.79 Å². The topological polar surface area (TPSA) is 52.3 Å². The van der Waals surface area contributed by atoms with Gasteiger partial charge in [0, 0.05) is 5.54 Å². The first-order valence-corrected chi connectivity index (χ1v) is 6.97. The van der Waals surface area contributed by atoms with Crippen molar-refractivity contribution in [3.05, 3.63) is 59.7 Å². The molecule has 110 valence electrons. The Hall–Kier alpha value is -2.13. The molecule has 0 heterocycles. The van der Waals surface area contributed by atoms with Crippen LogP contribution in [0.25, 0.3) is 11.1 Å². The number of methoxy groups -OCH3 is 1. The van der Waals surface area contributed by atoms with Gasteiger partial charge in [-0.15, -0.1) is 0 Å². The van der Waals surface area contributed by atoms with Crippen LogP contribution in [0.1, 0.15) is 29.8 Å². The van der Waals surface area contributed by atoms with Gasteiger partial charge >= 0.3 is 5.97 Å². The first kappa shape index (κ1) is 15.3. The molecule has 0 radical (unpaired) electrons. The highest BCUT2D eigenvalue weighted by molar-refractivity contribution is 5.97. The molecule has 0 aliphatic heterocycles. The number of carbonyl (C=O) groups excluding carboxylic acids is 1. The molecule has 0 aliphatic carbocycles. The average Bonchev–Trinajstić information content (AvgIpc) is 2.45. The van der Waals surface area contributed by atoms with Crippen molar-refractivity contribution >= 4 is 5.97 Å². The second kappa shape index (κ2) is 6.10. The lowest BCUT2D eigenvalue weighted by atomic mass is 9.88. The highest BCUT2D eigenvalue weighted by Gasteiger charge is 2.18. The van der Waals surface area contributed by atoms with Crippen molar-refractivity contribution < 1.29 is 9.53 Å². The molecule has 0 amide bonds. The van der Waals surface area contributed by atoms with E-state index in [1.165, 1.54) is 7.11 Å². The summed E-state index contributed by atoms with van der Waals surface area (Å²) >= 11 is 0. The second-order valence-corrected chi connectivity index (χ2v) is 5.86. The van der Waals surface area contributed by atoms with Gasteiger partial charge in [0.25, 0.3) is 0 Å². The lowest BCUT2D eigenvalue weighted by molar-refractivity contribution is 0.0601. The maximum Gasteiger partial charge on any atom is 0.338 e. The second-order valence-electron chi connectivity index (χ2n) is 5.86. The van der Waals surface area contributed by atoms with Crippen molar-refractivity contribution in [2.45, 2.75) is 25.8 Å². The Morgan fingerprint density at radius 2 is 1.62 bits per heavy atom. The van der Waals surface area contributed by atoms with Crippen molar-refractivity contribution in [3.8, 4) is 11.1 Å². The van der Waals surface area contributed by atoms with Crippen LogP contribution in [0.3, 0.4) is 0 Å². The zero-order chi connectivity index (χ0) is 15.5. The fourth-order valence-electron chi connectivity index (χ4n) is 2.43. The van der Waals surface area contributed by atoms with Crippen molar-refractivity contribution in [1.29, 1.82) is 0 Å². The van der Waals surface area contributed by atoms with Crippen LogP contribution >= 0.6 is 0 Å². The largest absolute Gasteiger partial charge is 0.465 e. The summed E-state index contributed by atoms with van der Waals surface area (Å²) in [5.74, 6) is -0.326. The number of nitrogens with two attached hydrogens (primary N) is 1. The molecule has 0 fully saturated rings. The van der Waals surface area contributed by atoms with Gasteiger partial charge in [-0.1, -0.05) is 42.5 Å². The van der Waals surface area contributed by atoms with Gasteiger partial charge in [-0.3, -0.25) is 0 Å². The molecule has 2 aromatic rings. The smallest absolute Gasteiger partial charge is 0.338 e. The molecule has 0 aromatic heterocycles. The SMILES string of the molecule is COC(=O)c1ccccc1-c1ccccc1CC(C)(C)N. The van der Waals surface area contributed by atoms with Gasteiger partial charge in [-0.2, -0.15) is 0 Å². The van der Waals surface area contributed by atoms with Gasteiger partial charge < -0.3 is 10.5 Å². The van der Waals surface area contributed by atoms with E-state index in [-0.39, 0.29) is 11.5 Å². The minimum Gasteiger partial charge on any atom is -0.465 e. The Morgan fingerprint density at radius 1 is 1.05 bits per heavy atom. The highest BCUT2D eigenvalue weighted by atomic mass is 16.5. The van der Waals surface area contributed by atoms with Crippen LogP contribution in [-0.2, 0) is 11.2 Å². The molecule has 0 saturated carbocycles. The van der Waals surface area contributed by atoms with E-state index in [1.54, 1.807) is 6.07 Å². The molecule has 0 atom stereocenters. The van der Waals surface area contributed by atoms with Crippen molar-refractivity contribution in [1.82, 2.24) is 0 Å². The molecular weight excluding hydrogens is 262 g/mol. The maximum atomic E-state index is 12.0. The van der Waals surface area contributed by atoms with Gasteiger partial charge in [0.05, 0.1) is 12.7 Å². The summed E-state index contributed by atoms with van der Waals surface area (Å²) < 4.78 is 4.88. The molecule has 0 saturated heterocycles. The van der Waals surface area contributed by atoms with E-state index in [4.69, 9.17) is 10.5 Å². The van der Waals surface area contributed by atoms with Crippen LogP contribution in [0.15, 0.2) is 48.5 Å². The van der Waals surface area contributed by atoms with E-state index >= 15 is 0 Å². The van der Waals surface area contributed by atoms with Crippen molar-refractivity contribution in [3.63, 3.8) is 0 Å². The number of carbonyl (C=O) groups is 1. The zero-order valence-electron chi connectivity index (χ0n) is 12.7. The number of ether oxygens (including phenoxy) is 1. The Kier molecular flexibility index (Phi) is 4.43. The molecule has 21 heavy (non-hydrogen) atoms. The molecule has 2 aromatic carbocycles. The van der Waals surface area contributed by atoms with Crippen molar-refractivity contribution in [2.24, 2.45) is 5.73 Å². The Labute approximate surface area is 125 Å². The van der Waals surface area contributed by atoms with Gasteiger partial charge in [0.1, 0.15) is 0 Å². The quantitative estimate of drug-likeness (QED) is 0.875. The highest BCUT2D eigenvalue weighted by Crippen LogP contribution is 2.29. The number of rotatable bonds is 4. The Bertz CT molecular complexity index is 642. The van der Waals surface area contributed by atoms with Crippen LogP contribution in [-0.4, -0.2) is 18.6 Å². The Morgan fingerprint density at radius 3 is 2.24 bits per heavy atom. The van der Waals surface area contributed by atoms with Crippen LogP contribution in [0, 0.1) is 0 Å². The van der Waals surface area contributed by atoms with E-state index in [1.807, 2.05) is 50.2 Å². The van der Waals surface area contributed by atoms with Crippen LogP contribution in [0.2, 0.25) is 0 Å². The number of hydrogen-bond donors (Lipinski definition) is 1. The number of hydrogen-bond acceptors (Lipinski definition) is 3. The monoisotopic (exact) mass is 283 g/mol. The van der Waals surface area contributed by atoms with Gasteiger partial charge in [-0.25, -0.2) is 4.79 Å². The molecule has 2 N–H and O–H groups in total. The van der Waals surface area contributed by atoms with E-state index in [2.05, 4.69) is 6.07 Å². The lowest BCUT2D eigenvalue weighted by Crippen LogP contribution is -2.34. The predicted octanol–water partition coefficient (Wildman–Crippen LogP) is 3.42. The third-order valence-electron chi connectivity index (χ3n) is 3.29. The summed E-state index contributed by atoms with van der Waals surface area (Å²) in [6.07, 6.45) is 0.735. The predicted molar refractivity (Wildman–Crippen MR) is 85.2 cm³/mol. The summed E-state index contributed by atoms with van der Waals surface area (Å²) in [6, 6.07) is 15.5. The average molecular weight is 283 g/mol. The summed E-state index contributed by atoms with van der Waals surface area (Å²) in [5, 5.41) is 0. The third-order valence-corrected chi connectivity index (χ3v) is 3.29. The van der Waals surface area contributed by atoms with E-state index in [0.717, 1.165) is 23.1 Å². The molecule has 0 spiro atoms. The summed E-state index contributed by atoms with van der Waals surface area (Å²) in [6.45, 7) is 3.99. The first-order chi connectivity index (χ1) is 9.92. The van der Waals surface area contributed by atoms with E-state index < -0.39 is 0 Å². The fraction of sp³-hybridized carbons (Fsp3) is 0.278. The third kappa shape index (κ3) is 3.70.